The van der Waals surface area contributed by atoms with Gasteiger partial charge in [-0.15, -0.1) is 0 Å². The molecule has 0 amide bonds. The van der Waals surface area contributed by atoms with Crippen molar-refractivity contribution < 1.29 is 5.11 Å². The summed E-state index contributed by atoms with van der Waals surface area (Å²) in [5.41, 5.74) is 0. The molecule has 11 heavy (non-hydrogen) atoms. The van der Waals surface area contributed by atoms with Crippen LogP contribution < -0.4 is 0 Å². The maximum atomic E-state index is 8.52. The van der Waals surface area contributed by atoms with Crippen LogP contribution in [0, 0.1) is 5.92 Å². The minimum absolute atomic E-state index is 0.342. The van der Waals surface area contributed by atoms with Gasteiger partial charge in [0.15, 0.2) is 0 Å². The third-order valence-electron chi connectivity index (χ3n) is 1.63. The van der Waals surface area contributed by atoms with E-state index in [4.69, 9.17) is 5.11 Å². The van der Waals surface area contributed by atoms with Gasteiger partial charge in [-0.3, -0.25) is 0 Å². The Bertz CT molecular complexity index is 76.0. The first kappa shape index (κ1) is 11.3. The van der Waals surface area contributed by atoms with Crippen LogP contribution in [0.25, 0.3) is 0 Å². The van der Waals surface area contributed by atoms with Crippen molar-refractivity contribution in [1.29, 1.82) is 0 Å². The number of hydrogen-bond acceptors (Lipinski definition) is 2. The van der Waals surface area contributed by atoms with E-state index in [0.29, 0.717) is 6.61 Å². The van der Waals surface area contributed by atoms with E-state index in [1.807, 2.05) is 11.8 Å². The summed E-state index contributed by atoms with van der Waals surface area (Å²) in [5.74, 6) is 3.22. The zero-order chi connectivity index (χ0) is 8.53. The molecule has 1 nitrogen and oxygen atoms in total. The van der Waals surface area contributed by atoms with Crippen molar-refractivity contribution in [2.45, 2.75) is 33.1 Å². The van der Waals surface area contributed by atoms with Gasteiger partial charge in [0, 0.05) is 6.61 Å². The Morgan fingerprint density at radius 3 is 2.73 bits per heavy atom. The molecule has 0 rings (SSSR count). The average Bonchev–Trinajstić information content (AvgIpc) is 1.99. The largest absolute Gasteiger partial charge is 0.396 e. The highest BCUT2D eigenvalue weighted by molar-refractivity contribution is 7.99. The summed E-state index contributed by atoms with van der Waals surface area (Å²) < 4.78 is 0. The normalized spacial score (nSPS) is 13.4. The van der Waals surface area contributed by atoms with Crippen LogP contribution in [-0.4, -0.2) is 23.2 Å². The van der Waals surface area contributed by atoms with Crippen molar-refractivity contribution in [1.82, 2.24) is 0 Å². The molecular formula is C9H20OS. The first-order valence-corrected chi connectivity index (χ1v) is 5.65. The van der Waals surface area contributed by atoms with E-state index >= 15 is 0 Å². The Balaban J connectivity index is 2.97. The Kier molecular flexibility index (Phi) is 8.64. The molecule has 1 N–H and O–H groups in total. The molecule has 0 aliphatic carbocycles. The maximum absolute atomic E-state index is 8.52. The van der Waals surface area contributed by atoms with E-state index in [-0.39, 0.29) is 0 Å². The molecule has 1 unspecified atom stereocenters. The van der Waals surface area contributed by atoms with Gasteiger partial charge in [0.05, 0.1) is 0 Å². The molecule has 0 saturated heterocycles. The van der Waals surface area contributed by atoms with Crippen molar-refractivity contribution in [3.63, 3.8) is 0 Å². The molecule has 0 aliphatic rings. The molecule has 2 heteroatoms. The number of aliphatic hydroxyl groups excluding tert-OH is 1. The van der Waals surface area contributed by atoms with E-state index in [0.717, 1.165) is 18.1 Å². The predicted octanol–water partition coefficient (Wildman–Crippen LogP) is 2.54. The molecule has 0 aromatic rings. The molecule has 0 aromatic heterocycles. The molecule has 0 bridgehead atoms. The third kappa shape index (κ3) is 8.21. The van der Waals surface area contributed by atoms with Crippen LogP contribution >= 0.6 is 11.8 Å². The lowest BCUT2D eigenvalue weighted by Crippen LogP contribution is -1.98. The molecule has 0 fully saturated rings. The smallest absolute Gasteiger partial charge is 0.0438 e. The lowest BCUT2D eigenvalue weighted by Gasteiger charge is -2.08. The van der Waals surface area contributed by atoms with Crippen LogP contribution in [0.5, 0.6) is 0 Å². The van der Waals surface area contributed by atoms with Crippen molar-refractivity contribution >= 4 is 11.8 Å². The third-order valence-corrected chi connectivity index (χ3v) is 3.01. The highest BCUT2D eigenvalue weighted by atomic mass is 32.2. The molecule has 0 spiro atoms. The van der Waals surface area contributed by atoms with E-state index < -0.39 is 0 Å². The number of hydrogen-bond donors (Lipinski definition) is 1. The lowest BCUT2D eigenvalue weighted by molar-refractivity contribution is 0.296. The number of thioether (sulfide) groups is 1. The predicted molar refractivity (Wildman–Crippen MR) is 53.1 cm³/mol. The van der Waals surface area contributed by atoms with E-state index in [1.165, 1.54) is 18.6 Å². The Morgan fingerprint density at radius 1 is 1.45 bits per heavy atom. The minimum atomic E-state index is 0.342. The first-order chi connectivity index (χ1) is 5.31. The van der Waals surface area contributed by atoms with Crippen molar-refractivity contribution in [2.24, 2.45) is 5.92 Å². The summed E-state index contributed by atoms with van der Waals surface area (Å²) in [6.45, 7) is 4.87. The van der Waals surface area contributed by atoms with Crippen molar-refractivity contribution in [3.05, 3.63) is 0 Å². The van der Waals surface area contributed by atoms with Gasteiger partial charge in [0.1, 0.15) is 0 Å². The fraction of sp³-hybridized carbons (Fsp3) is 1.00. The Labute approximate surface area is 74.6 Å². The van der Waals surface area contributed by atoms with Gasteiger partial charge in [-0.25, -0.2) is 0 Å². The SMILES string of the molecule is CCCC(C)CSCCCO. The molecule has 68 valence electrons. The van der Waals surface area contributed by atoms with Gasteiger partial charge in [0.25, 0.3) is 0 Å². The molecule has 0 aliphatic heterocycles. The van der Waals surface area contributed by atoms with Gasteiger partial charge in [-0.05, 0) is 23.8 Å². The summed E-state index contributed by atoms with van der Waals surface area (Å²) in [7, 11) is 0. The monoisotopic (exact) mass is 176 g/mol. The number of rotatable bonds is 7. The van der Waals surface area contributed by atoms with Gasteiger partial charge < -0.3 is 5.11 Å². The fourth-order valence-electron chi connectivity index (χ4n) is 1.03. The Hall–Kier alpha value is 0.310. The molecule has 0 radical (unpaired) electrons. The summed E-state index contributed by atoms with van der Waals surface area (Å²) in [6, 6.07) is 0. The van der Waals surface area contributed by atoms with E-state index in [9.17, 15) is 0 Å². The molecule has 0 aromatic carbocycles. The highest BCUT2D eigenvalue weighted by Crippen LogP contribution is 2.13. The second-order valence-corrected chi connectivity index (χ2v) is 4.20. The van der Waals surface area contributed by atoms with E-state index in [2.05, 4.69) is 13.8 Å². The van der Waals surface area contributed by atoms with Crippen LogP contribution in [0.4, 0.5) is 0 Å². The van der Waals surface area contributed by atoms with Gasteiger partial charge >= 0.3 is 0 Å². The van der Waals surface area contributed by atoms with Crippen molar-refractivity contribution in [3.8, 4) is 0 Å². The van der Waals surface area contributed by atoms with Gasteiger partial charge in [-0.1, -0.05) is 26.7 Å². The highest BCUT2D eigenvalue weighted by Gasteiger charge is 1.99. The second kappa shape index (κ2) is 8.41. The maximum Gasteiger partial charge on any atom is 0.0438 e. The van der Waals surface area contributed by atoms with E-state index in [1.54, 1.807) is 0 Å². The second-order valence-electron chi connectivity index (χ2n) is 3.05. The quantitative estimate of drug-likeness (QED) is 0.602. The molecule has 0 saturated carbocycles. The summed E-state index contributed by atoms with van der Waals surface area (Å²) in [4.78, 5) is 0. The lowest BCUT2D eigenvalue weighted by atomic mass is 10.1. The van der Waals surface area contributed by atoms with Gasteiger partial charge in [0.2, 0.25) is 0 Å². The topological polar surface area (TPSA) is 20.2 Å². The fourth-order valence-corrected chi connectivity index (χ4v) is 2.10. The van der Waals surface area contributed by atoms with Crippen molar-refractivity contribution in [2.75, 3.05) is 18.1 Å². The summed E-state index contributed by atoms with van der Waals surface area (Å²) in [6.07, 6.45) is 3.58. The van der Waals surface area contributed by atoms with Crippen LogP contribution in [0.15, 0.2) is 0 Å². The summed E-state index contributed by atoms with van der Waals surface area (Å²) >= 11 is 1.97. The van der Waals surface area contributed by atoms with Crippen LogP contribution in [0.1, 0.15) is 33.1 Å². The molecule has 1 atom stereocenters. The zero-order valence-electron chi connectivity index (χ0n) is 7.68. The van der Waals surface area contributed by atoms with Crippen LogP contribution in [-0.2, 0) is 0 Å². The van der Waals surface area contributed by atoms with Crippen LogP contribution in [0.2, 0.25) is 0 Å². The summed E-state index contributed by atoms with van der Waals surface area (Å²) in [5, 5.41) is 8.52. The minimum Gasteiger partial charge on any atom is -0.396 e. The first-order valence-electron chi connectivity index (χ1n) is 4.49. The average molecular weight is 176 g/mol. The standard InChI is InChI=1S/C9H20OS/c1-3-5-9(2)8-11-7-4-6-10/h9-10H,3-8H2,1-2H3. The number of aliphatic hydroxyl groups is 1. The van der Waals surface area contributed by atoms with Gasteiger partial charge in [-0.2, -0.15) is 11.8 Å². The Morgan fingerprint density at radius 2 is 2.18 bits per heavy atom. The zero-order valence-corrected chi connectivity index (χ0v) is 8.49. The molecular weight excluding hydrogens is 156 g/mol. The molecule has 0 heterocycles. The van der Waals surface area contributed by atoms with Crippen LogP contribution in [0.3, 0.4) is 0 Å².